The summed E-state index contributed by atoms with van der Waals surface area (Å²) in [7, 11) is 1.39. The van der Waals surface area contributed by atoms with E-state index in [2.05, 4.69) is 5.32 Å². The van der Waals surface area contributed by atoms with Crippen molar-refractivity contribution in [2.75, 3.05) is 7.11 Å². The van der Waals surface area contributed by atoms with Crippen LogP contribution in [0.5, 0.6) is 0 Å². The second-order valence-corrected chi connectivity index (χ2v) is 5.92. The van der Waals surface area contributed by atoms with Crippen LogP contribution in [0.1, 0.15) is 40.5 Å². The zero-order valence-corrected chi connectivity index (χ0v) is 11.8. The van der Waals surface area contributed by atoms with Gasteiger partial charge in [0.15, 0.2) is 0 Å². The molecule has 5 nitrogen and oxygen atoms in total. The third-order valence-electron chi connectivity index (χ3n) is 3.12. The van der Waals surface area contributed by atoms with Gasteiger partial charge in [0.2, 0.25) is 0 Å². The van der Waals surface area contributed by atoms with Crippen LogP contribution in [0, 0.1) is 11.8 Å². The van der Waals surface area contributed by atoms with E-state index in [1.807, 2.05) is 27.7 Å². The Morgan fingerprint density at radius 2 is 1.83 bits per heavy atom. The fourth-order valence-electron chi connectivity index (χ4n) is 2.27. The van der Waals surface area contributed by atoms with E-state index in [1.165, 1.54) is 7.11 Å². The monoisotopic (exact) mass is 257 g/mol. The Bertz CT molecular complexity index is 321. The van der Waals surface area contributed by atoms with Gasteiger partial charge in [0.1, 0.15) is 5.60 Å². The van der Waals surface area contributed by atoms with Gasteiger partial charge in [0.05, 0.1) is 13.0 Å². The first-order valence-electron chi connectivity index (χ1n) is 6.30. The molecule has 0 spiro atoms. The molecule has 0 unspecified atom stereocenters. The van der Waals surface area contributed by atoms with Crippen molar-refractivity contribution in [1.29, 1.82) is 0 Å². The highest BCUT2D eigenvalue weighted by molar-refractivity contribution is 5.73. The second-order valence-electron chi connectivity index (χ2n) is 5.92. The zero-order chi connectivity index (χ0) is 13.9. The molecule has 5 heteroatoms. The molecule has 0 radical (unpaired) electrons. The summed E-state index contributed by atoms with van der Waals surface area (Å²) in [5.41, 5.74) is -0.506. The quantitative estimate of drug-likeness (QED) is 0.769. The molecule has 0 heterocycles. The molecule has 1 rings (SSSR count). The van der Waals surface area contributed by atoms with Gasteiger partial charge >= 0.3 is 12.1 Å². The lowest BCUT2D eigenvalue weighted by molar-refractivity contribution is -0.145. The van der Waals surface area contributed by atoms with Crippen molar-refractivity contribution in [3.63, 3.8) is 0 Å². The van der Waals surface area contributed by atoms with Crippen LogP contribution in [0.4, 0.5) is 4.79 Å². The molecule has 1 N–H and O–H groups in total. The first kappa shape index (κ1) is 14.8. The van der Waals surface area contributed by atoms with Crippen LogP contribution in [0.15, 0.2) is 0 Å². The van der Waals surface area contributed by atoms with Gasteiger partial charge in [-0.2, -0.15) is 0 Å². The van der Waals surface area contributed by atoms with E-state index >= 15 is 0 Å². The highest BCUT2D eigenvalue weighted by Gasteiger charge is 2.37. The fourth-order valence-corrected chi connectivity index (χ4v) is 2.27. The number of esters is 1. The molecule has 0 aliphatic heterocycles. The van der Waals surface area contributed by atoms with Gasteiger partial charge in [-0.3, -0.25) is 4.79 Å². The average molecular weight is 257 g/mol. The van der Waals surface area contributed by atoms with Gasteiger partial charge in [-0.1, -0.05) is 6.92 Å². The standard InChI is InChI=1S/C13H23NO4/c1-8-6-9(11(15)17-5)7-10(8)14-12(16)18-13(2,3)4/h8-10H,6-7H2,1-5H3,(H,14,16)/t8-,9+,10-/m1/s1. The third-order valence-corrected chi connectivity index (χ3v) is 3.12. The van der Waals surface area contributed by atoms with Gasteiger partial charge in [-0.15, -0.1) is 0 Å². The molecule has 0 aromatic carbocycles. The Morgan fingerprint density at radius 3 is 2.33 bits per heavy atom. The maximum absolute atomic E-state index is 11.7. The predicted molar refractivity (Wildman–Crippen MR) is 67.1 cm³/mol. The minimum Gasteiger partial charge on any atom is -0.469 e. The van der Waals surface area contributed by atoms with Crippen LogP contribution in [0.2, 0.25) is 0 Å². The van der Waals surface area contributed by atoms with E-state index in [0.717, 1.165) is 6.42 Å². The Hall–Kier alpha value is -1.26. The summed E-state index contributed by atoms with van der Waals surface area (Å²) in [6, 6.07) is -0.0241. The minimum absolute atomic E-state index is 0.0241. The van der Waals surface area contributed by atoms with Crippen molar-refractivity contribution >= 4 is 12.1 Å². The summed E-state index contributed by atoms with van der Waals surface area (Å²) in [6.45, 7) is 7.48. The third kappa shape index (κ3) is 4.20. The van der Waals surface area contributed by atoms with Gasteiger partial charge in [-0.05, 0) is 39.5 Å². The Morgan fingerprint density at radius 1 is 1.22 bits per heavy atom. The lowest BCUT2D eigenvalue weighted by atomic mass is 10.1. The van der Waals surface area contributed by atoms with Crippen LogP contribution < -0.4 is 5.32 Å². The number of hydrogen-bond acceptors (Lipinski definition) is 4. The van der Waals surface area contributed by atoms with E-state index in [9.17, 15) is 9.59 Å². The number of ether oxygens (including phenoxy) is 2. The van der Waals surface area contributed by atoms with Crippen molar-refractivity contribution < 1.29 is 19.1 Å². The SMILES string of the molecule is COC(=O)[C@H]1C[C@@H](C)[C@H](NC(=O)OC(C)(C)C)C1. The summed E-state index contributed by atoms with van der Waals surface area (Å²) >= 11 is 0. The molecule has 1 aliphatic rings. The van der Waals surface area contributed by atoms with E-state index in [0.29, 0.717) is 6.42 Å². The molecule has 3 atom stereocenters. The van der Waals surface area contributed by atoms with Gasteiger partial charge in [0.25, 0.3) is 0 Å². The molecule has 1 aliphatic carbocycles. The normalized spacial score (nSPS) is 27.7. The van der Waals surface area contributed by atoms with Crippen LogP contribution in [-0.2, 0) is 14.3 Å². The van der Waals surface area contributed by atoms with Crippen LogP contribution >= 0.6 is 0 Å². The molecule has 0 bridgehead atoms. The molecule has 0 aromatic heterocycles. The first-order chi connectivity index (χ1) is 8.23. The highest BCUT2D eigenvalue weighted by Crippen LogP contribution is 2.31. The highest BCUT2D eigenvalue weighted by atomic mass is 16.6. The summed E-state index contributed by atoms with van der Waals surface area (Å²) in [6.07, 6.45) is 0.935. The van der Waals surface area contributed by atoms with Gasteiger partial charge in [0, 0.05) is 6.04 Å². The number of carbonyl (C=O) groups excluding carboxylic acids is 2. The Kier molecular flexibility index (Phi) is 4.59. The van der Waals surface area contributed by atoms with Crippen LogP contribution in [0.25, 0.3) is 0 Å². The van der Waals surface area contributed by atoms with Crippen LogP contribution in [0.3, 0.4) is 0 Å². The molecule has 1 saturated carbocycles. The number of nitrogens with one attached hydrogen (secondary N) is 1. The summed E-state index contributed by atoms with van der Waals surface area (Å²) in [5, 5.41) is 2.83. The second kappa shape index (κ2) is 5.59. The predicted octanol–water partition coefficient (Wildman–Crippen LogP) is 2.10. The largest absolute Gasteiger partial charge is 0.469 e. The average Bonchev–Trinajstić information content (AvgIpc) is 2.56. The molecule has 0 aromatic rings. The van der Waals surface area contributed by atoms with Crippen molar-refractivity contribution in [3.8, 4) is 0 Å². The summed E-state index contributed by atoms with van der Waals surface area (Å²) in [5.74, 6) is -0.0677. The number of carbonyl (C=O) groups is 2. The molecular formula is C13H23NO4. The van der Waals surface area contributed by atoms with Gasteiger partial charge in [-0.25, -0.2) is 4.79 Å². The van der Waals surface area contributed by atoms with E-state index in [1.54, 1.807) is 0 Å². The van der Waals surface area contributed by atoms with Crippen molar-refractivity contribution in [2.45, 2.75) is 52.2 Å². The molecule has 1 fully saturated rings. The molecule has 0 saturated heterocycles. The Balaban J connectivity index is 2.49. The molecular weight excluding hydrogens is 234 g/mol. The first-order valence-corrected chi connectivity index (χ1v) is 6.30. The zero-order valence-electron chi connectivity index (χ0n) is 11.8. The van der Waals surface area contributed by atoms with E-state index in [4.69, 9.17) is 9.47 Å². The van der Waals surface area contributed by atoms with E-state index in [-0.39, 0.29) is 23.8 Å². The maximum atomic E-state index is 11.7. The van der Waals surface area contributed by atoms with Crippen molar-refractivity contribution in [3.05, 3.63) is 0 Å². The summed E-state index contributed by atoms with van der Waals surface area (Å²) < 4.78 is 9.94. The number of methoxy groups -OCH3 is 1. The lowest BCUT2D eigenvalue weighted by Gasteiger charge is -2.23. The number of rotatable bonds is 2. The van der Waals surface area contributed by atoms with Gasteiger partial charge < -0.3 is 14.8 Å². The number of hydrogen-bond donors (Lipinski definition) is 1. The topological polar surface area (TPSA) is 64.6 Å². The lowest BCUT2D eigenvalue weighted by Crippen LogP contribution is -2.40. The smallest absolute Gasteiger partial charge is 0.407 e. The molecule has 18 heavy (non-hydrogen) atoms. The molecule has 104 valence electrons. The fraction of sp³-hybridized carbons (Fsp3) is 0.846. The Labute approximate surface area is 108 Å². The number of alkyl carbamates (subject to hydrolysis) is 1. The number of amides is 1. The van der Waals surface area contributed by atoms with Crippen molar-refractivity contribution in [2.24, 2.45) is 11.8 Å². The van der Waals surface area contributed by atoms with E-state index < -0.39 is 11.7 Å². The minimum atomic E-state index is -0.506. The summed E-state index contributed by atoms with van der Waals surface area (Å²) in [4.78, 5) is 23.1. The maximum Gasteiger partial charge on any atom is 0.407 e. The van der Waals surface area contributed by atoms with Crippen LogP contribution in [-0.4, -0.2) is 30.8 Å². The molecule has 1 amide bonds. The van der Waals surface area contributed by atoms with Crippen molar-refractivity contribution in [1.82, 2.24) is 5.32 Å².